The lowest BCUT2D eigenvalue weighted by Gasteiger charge is -2.11. The molecule has 0 aliphatic carbocycles. The average Bonchev–Trinajstić information content (AvgIpc) is 3.00. The van der Waals surface area contributed by atoms with E-state index in [1.807, 2.05) is 18.2 Å². The molecule has 2 aromatic rings. The molecule has 0 saturated carbocycles. The number of benzene rings is 1. The smallest absolute Gasteiger partial charge is 0.341 e. The van der Waals surface area contributed by atoms with E-state index in [1.165, 1.54) is 13.4 Å². The van der Waals surface area contributed by atoms with Crippen molar-refractivity contribution in [2.75, 3.05) is 26.6 Å². The molecule has 0 atom stereocenters. The van der Waals surface area contributed by atoms with Gasteiger partial charge in [0.2, 0.25) is 0 Å². The third-order valence-electron chi connectivity index (χ3n) is 2.93. The predicted molar refractivity (Wildman–Crippen MR) is 76.9 cm³/mol. The van der Waals surface area contributed by atoms with Crippen molar-refractivity contribution < 1.29 is 23.4 Å². The summed E-state index contributed by atoms with van der Waals surface area (Å²) in [6.45, 7) is 0.403. The van der Waals surface area contributed by atoms with Crippen LogP contribution >= 0.6 is 0 Å². The first kappa shape index (κ1) is 14.8. The number of anilines is 1. The van der Waals surface area contributed by atoms with Crippen LogP contribution in [0.4, 0.5) is 5.69 Å². The maximum atomic E-state index is 11.3. The number of rotatable bonds is 6. The maximum Gasteiger partial charge on any atom is 0.341 e. The number of carbonyl (C=O) groups is 1. The van der Waals surface area contributed by atoms with E-state index in [4.69, 9.17) is 13.9 Å². The minimum atomic E-state index is -0.427. The van der Waals surface area contributed by atoms with Gasteiger partial charge in [-0.25, -0.2) is 4.79 Å². The van der Waals surface area contributed by atoms with E-state index in [1.54, 1.807) is 20.3 Å². The summed E-state index contributed by atoms with van der Waals surface area (Å²) in [6.07, 6.45) is 1.37. The number of esters is 1. The average molecular weight is 291 g/mol. The third-order valence-corrected chi connectivity index (χ3v) is 2.93. The van der Waals surface area contributed by atoms with Crippen molar-refractivity contribution in [2.45, 2.75) is 6.54 Å². The Kier molecular flexibility index (Phi) is 4.71. The van der Waals surface area contributed by atoms with Gasteiger partial charge in [-0.15, -0.1) is 0 Å². The minimum absolute atomic E-state index is 0.381. The molecule has 112 valence electrons. The second-order valence-corrected chi connectivity index (χ2v) is 4.21. The molecule has 0 spiro atoms. The molecular formula is C15H17NO5. The predicted octanol–water partition coefficient (Wildman–Crippen LogP) is 2.70. The van der Waals surface area contributed by atoms with Gasteiger partial charge >= 0.3 is 5.97 Å². The Bertz CT molecular complexity index is 620. The summed E-state index contributed by atoms with van der Waals surface area (Å²) < 4.78 is 20.4. The molecule has 6 nitrogen and oxygen atoms in total. The van der Waals surface area contributed by atoms with E-state index < -0.39 is 5.97 Å². The second kappa shape index (κ2) is 6.69. The number of nitrogens with one attached hydrogen (secondary N) is 1. The zero-order chi connectivity index (χ0) is 15.2. The molecule has 1 aromatic carbocycles. The fourth-order valence-electron chi connectivity index (χ4n) is 1.83. The first-order valence-corrected chi connectivity index (χ1v) is 6.29. The summed E-state index contributed by atoms with van der Waals surface area (Å²) in [5.74, 6) is 1.59. The number of methoxy groups -OCH3 is 3. The summed E-state index contributed by atoms with van der Waals surface area (Å²) >= 11 is 0. The normalized spacial score (nSPS) is 10.0. The highest BCUT2D eigenvalue weighted by atomic mass is 16.5. The van der Waals surface area contributed by atoms with E-state index in [0.29, 0.717) is 29.4 Å². The molecule has 0 amide bonds. The van der Waals surface area contributed by atoms with Crippen LogP contribution in [0.15, 0.2) is 34.9 Å². The SMILES string of the molecule is COC(=O)c1coc(CNc2cc(OC)ccc2OC)c1. The molecule has 0 unspecified atom stereocenters. The molecule has 0 radical (unpaired) electrons. The van der Waals surface area contributed by atoms with Gasteiger partial charge in [0.25, 0.3) is 0 Å². The highest BCUT2D eigenvalue weighted by molar-refractivity contribution is 5.89. The third kappa shape index (κ3) is 3.47. The van der Waals surface area contributed by atoms with E-state index in [-0.39, 0.29) is 0 Å². The lowest BCUT2D eigenvalue weighted by atomic mass is 10.2. The van der Waals surface area contributed by atoms with Gasteiger partial charge in [-0.1, -0.05) is 0 Å². The number of ether oxygens (including phenoxy) is 3. The lowest BCUT2D eigenvalue weighted by Crippen LogP contribution is -2.02. The number of furan rings is 1. The van der Waals surface area contributed by atoms with Crippen LogP contribution in [0, 0.1) is 0 Å². The van der Waals surface area contributed by atoms with Crippen LogP contribution in [-0.4, -0.2) is 27.3 Å². The van der Waals surface area contributed by atoms with Crippen molar-refractivity contribution in [3.63, 3.8) is 0 Å². The van der Waals surface area contributed by atoms with E-state index in [0.717, 1.165) is 5.69 Å². The molecule has 0 bridgehead atoms. The van der Waals surface area contributed by atoms with Gasteiger partial charge in [-0.05, 0) is 18.2 Å². The van der Waals surface area contributed by atoms with Crippen molar-refractivity contribution >= 4 is 11.7 Å². The van der Waals surface area contributed by atoms with Gasteiger partial charge in [0.1, 0.15) is 23.5 Å². The molecule has 21 heavy (non-hydrogen) atoms. The van der Waals surface area contributed by atoms with Crippen molar-refractivity contribution in [1.29, 1.82) is 0 Å². The van der Waals surface area contributed by atoms with Crippen molar-refractivity contribution in [3.8, 4) is 11.5 Å². The van der Waals surface area contributed by atoms with E-state index in [9.17, 15) is 4.79 Å². The summed E-state index contributed by atoms with van der Waals surface area (Å²) in [5, 5.41) is 3.17. The molecule has 0 saturated heterocycles. The van der Waals surface area contributed by atoms with Crippen LogP contribution in [0.2, 0.25) is 0 Å². The molecular weight excluding hydrogens is 274 g/mol. The van der Waals surface area contributed by atoms with Crippen LogP contribution in [0.5, 0.6) is 11.5 Å². The molecule has 1 heterocycles. The number of carbonyl (C=O) groups excluding carboxylic acids is 1. The molecule has 1 aromatic heterocycles. The van der Waals surface area contributed by atoms with Crippen LogP contribution in [0.25, 0.3) is 0 Å². The Balaban J connectivity index is 2.08. The van der Waals surface area contributed by atoms with E-state index in [2.05, 4.69) is 10.1 Å². The molecule has 0 aliphatic rings. The number of hydrogen-bond donors (Lipinski definition) is 1. The van der Waals surface area contributed by atoms with Crippen molar-refractivity contribution in [1.82, 2.24) is 0 Å². The standard InChI is InChI=1S/C15H17NO5/c1-18-11-4-5-14(19-2)13(7-11)16-8-12-6-10(9-21-12)15(17)20-3/h4-7,9,16H,8H2,1-3H3. The Hall–Kier alpha value is -2.63. The molecule has 0 aliphatic heterocycles. The summed E-state index contributed by atoms with van der Waals surface area (Å²) in [6, 6.07) is 7.07. The van der Waals surface area contributed by atoms with Gasteiger partial charge in [-0.3, -0.25) is 0 Å². The van der Waals surface area contributed by atoms with E-state index >= 15 is 0 Å². The maximum absolute atomic E-state index is 11.3. The fourth-order valence-corrected chi connectivity index (χ4v) is 1.83. The van der Waals surface area contributed by atoms with Crippen LogP contribution in [-0.2, 0) is 11.3 Å². The summed E-state index contributed by atoms with van der Waals surface area (Å²) in [4.78, 5) is 11.3. The molecule has 6 heteroatoms. The summed E-state index contributed by atoms with van der Waals surface area (Å²) in [7, 11) is 4.52. The van der Waals surface area contributed by atoms with Gasteiger partial charge < -0.3 is 23.9 Å². The Morgan fingerprint density at radius 2 is 2.00 bits per heavy atom. The highest BCUT2D eigenvalue weighted by Gasteiger charge is 2.11. The van der Waals surface area contributed by atoms with Gasteiger partial charge in [-0.2, -0.15) is 0 Å². The van der Waals surface area contributed by atoms with Crippen molar-refractivity contribution in [3.05, 3.63) is 41.9 Å². The second-order valence-electron chi connectivity index (χ2n) is 4.21. The van der Waals surface area contributed by atoms with Gasteiger partial charge in [0.05, 0.1) is 39.1 Å². The first-order chi connectivity index (χ1) is 10.2. The van der Waals surface area contributed by atoms with Gasteiger partial charge in [0, 0.05) is 6.07 Å². The van der Waals surface area contributed by atoms with Crippen LogP contribution < -0.4 is 14.8 Å². The monoisotopic (exact) mass is 291 g/mol. The quantitative estimate of drug-likeness (QED) is 0.825. The highest BCUT2D eigenvalue weighted by Crippen LogP contribution is 2.29. The summed E-state index contributed by atoms with van der Waals surface area (Å²) in [5.41, 5.74) is 1.15. The fraction of sp³-hybridized carbons (Fsp3) is 0.267. The minimum Gasteiger partial charge on any atom is -0.497 e. The van der Waals surface area contributed by atoms with Crippen LogP contribution in [0.1, 0.15) is 16.1 Å². The topological polar surface area (TPSA) is 69.9 Å². The lowest BCUT2D eigenvalue weighted by molar-refractivity contribution is 0.0600. The molecule has 1 N–H and O–H groups in total. The largest absolute Gasteiger partial charge is 0.497 e. The zero-order valence-electron chi connectivity index (χ0n) is 12.1. The van der Waals surface area contributed by atoms with Gasteiger partial charge in [0.15, 0.2) is 0 Å². The zero-order valence-corrected chi connectivity index (χ0v) is 12.1. The molecule has 2 rings (SSSR count). The Morgan fingerprint density at radius 3 is 2.67 bits per heavy atom. The Morgan fingerprint density at radius 1 is 1.19 bits per heavy atom. The van der Waals surface area contributed by atoms with Crippen molar-refractivity contribution in [2.24, 2.45) is 0 Å². The molecule has 0 fully saturated rings. The van der Waals surface area contributed by atoms with Crippen LogP contribution in [0.3, 0.4) is 0 Å². The number of hydrogen-bond acceptors (Lipinski definition) is 6. The Labute approximate surface area is 122 Å². The first-order valence-electron chi connectivity index (χ1n) is 6.29.